The second kappa shape index (κ2) is 4.87. The Hall–Kier alpha value is -1.94. The second-order valence-electron chi connectivity index (χ2n) is 4.72. The molecule has 0 aliphatic heterocycles. The number of halogens is 2. The summed E-state index contributed by atoms with van der Waals surface area (Å²) in [5, 5.41) is 1.89. The fourth-order valence-electron chi connectivity index (χ4n) is 2.37. The topological polar surface area (TPSA) is 38.9 Å². The quantitative estimate of drug-likeness (QED) is 0.702. The summed E-state index contributed by atoms with van der Waals surface area (Å²) in [4.78, 5) is 4.09. The van der Waals surface area contributed by atoms with Crippen molar-refractivity contribution in [2.45, 2.75) is 6.92 Å². The van der Waals surface area contributed by atoms with Crippen molar-refractivity contribution in [1.29, 1.82) is 0 Å². The molecule has 20 heavy (non-hydrogen) atoms. The number of rotatable bonds is 1. The van der Waals surface area contributed by atoms with Crippen molar-refractivity contribution in [3.8, 4) is 11.1 Å². The molecular weight excluding hydrogens is 319 g/mol. The number of nitrogens with two attached hydrogens (primary N) is 1. The first kappa shape index (κ1) is 13.1. The molecule has 0 saturated heterocycles. The zero-order chi connectivity index (χ0) is 14.3. The highest BCUT2D eigenvalue weighted by molar-refractivity contribution is 9.10. The van der Waals surface area contributed by atoms with Crippen molar-refractivity contribution in [2.24, 2.45) is 0 Å². The van der Waals surface area contributed by atoms with Crippen molar-refractivity contribution >= 4 is 32.5 Å². The predicted molar refractivity (Wildman–Crippen MR) is 84.0 cm³/mol. The lowest BCUT2D eigenvalue weighted by Crippen LogP contribution is -1.92. The van der Waals surface area contributed by atoms with E-state index in [1.165, 1.54) is 6.07 Å². The van der Waals surface area contributed by atoms with Gasteiger partial charge >= 0.3 is 0 Å². The maximum absolute atomic E-state index is 14.1. The Morgan fingerprint density at radius 1 is 1.20 bits per heavy atom. The highest BCUT2D eigenvalue weighted by Gasteiger charge is 2.11. The predicted octanol–water partition coefficient (Wildman–Crippen LogP) is 4.69. The van der Waals surface area contributed by atoms with Crippen LogP contribution in [0.5, 0.6) is 0 Å². The van der Waals surface area contributed by atoms with Crippen LogP contribution in [0.25, 0.3) is 21.9 Å². The average molecular weight is 331 g/mol. The Balaban J connectivity index is 2.31. The van der Waals surface area contributed by atoms with E-state index in [1.807, 2.05) is 25.1 Å². The monoisotopic (exact) mass is 330 g/mol. The lowest BCUT2D eigenvalue weighted by Gasteiger charge is -2.10. The first-order valence-corrected chi connectivity index (χ1v) is 6.96. The molecule has 1 aromatic heterocycles. The maximum atomic E-state index is 14.1. The summed E-state index contributed by atoms with van der Waals surface area (Å²) in [6.07, 6.45) is 1.70. The van der Waals surface area contributed by atoms with Crippen molar-refractivity contribution in [3.05, 3.63) is 58.4 Å². The molecule has 0 aliphatic rings. The molecule has 3 rings (SSSR count). The zero-order valence-electron chi connectivity index (χ0n) is 10.8. The SMILES string of the molecule is Cc1cccc(F)c1-c1cc(Br)c2cc(N)ncc2c1. The van der Waals surface area contributed by atoms with Crippen LogP contribution in [0.4, 0.5) is 10.2 Å². The summed E-state index contributed by atoms with van der Waals surface area (Å²) < 4.78 is 15.0. The van der Waals surface area contributed by atoms with Crippen LogP contribution < -0.4 is 5.73 Å². The van der Waals surface area contributed by atoms with Crippen LogP contribution in [0.1, 0.15) is 5.56 Å². The summed E-state index contributed by atoms with van der Waals surface area (Å²) in [5.74, 6) is 0.243. The number of aromatic nitrogens is 1. The number of benzene rings is 2. The zero-order valence-corrected chi connectivity index (χ0v) is 12.4. The Labute approximate surface area is 124 Å². The van der Waals surface area contributed by atoms with Gasteiger partial charge < -0.3 is 5.73 Å². The molecule has 100 valence electrons. The van der Waals surface area contributed by atoms with E-state index in [1.54, 1.807) is 18.3 Å². The van der Waals surface area contributed by atoms with Gasteiger partial charge in [0.2, 0.25) is 0 Å². The van der Waals surface area contributed by atoms with Crippen LogP contribution >= 0.6 is 15.9 Å². The first-order chi connectivity index (χ1) is 9.56. The largest absolute Gasteiger partial charge is 0.384 e. The van der Waals surface area contributed by atoms with Gasteiger partial charge in [-0.3, -0.25) is 0 Å². The van der Waals surface area contributed by atoms with E-state index in [9.17, 15) is 4.39 Å². The van der Waals surface area contributed by atoms with Crippen LogP contribution in [0.15, 0.2) is 47.1 Å². The number of hydrogen-bond donors (Lipinski definition) is 1. The minimum Gasteiger partial charge on any atom is -0.384 e. The van der Waals surface area contributed by atoms with E-state index < -0.39 is 0 Å². The normalized spacial score (nSPS) is 10.9. The molecule has 0 unspecified atom stereocenters. The Bertz CT molecular complexity index is 795. The van der Waals surface area contributed by atoms with Gasteiger partial charge in [-0.15, -0.1) is 0 Å². The number of hydrogen-bond acceptors (Lipinski definition) is 2. The highest BCUT2D eigenvalue weighted by Crippen LogP contribution is 2.34. The molecule has 0 amide bonds. The smallest absolute Gasteiger partial charge is 0.131 e. The molecule has 1 heterocycles. The lowest BCUT2D eigenvalue weighted by atomic mass is 9.98. The average Bonchev–Trinajstić information content (AvgIpc) is 2.39. The van der Waals surface area contributed by atoms with Gasteiger partial charge in [-0.2, -0.15) is 0 Å². The van der Waals surface area contributed by atoms with Gasteiger partial charge in [0, 0.05) is 27.0 Å². The Morgan fingerprint density at radius 3 is 2.75 bits per heavy atom. The van der Waals surface area contributed by atoms with Crippen molar-refractivity contribution in [3.63, 3.8) is 0 Å². The fourth-order valence-corrected chi connectivity index (χ4v) is 2.96. The van der Waals surface area contributed by atoms with Gasteiger partial charge in [0.25, 0.3) is 0 Å². The van der Waals surface area contributed by atoms with Crippen LogP contribution in [0.3, 0.4) is 0 Å². The van der Waals surface area contributed by atoms with Gasteiger partial charge in [-0.25, -0.2) is 9.37 Å². The van der Waals surface area contributed by atoms with E-state index in [-0.39, 0.29) is 5.82 Å². The van der Waals surface area contributed by atoms with Crippen LogP contribution in [0, 0.1) is 12.7 Å². The third-order valence-electron chi connectivity index (χ3n) is 3.32. The van der Waals surface area contributed by atoms with Crippen LogP contribution in [-0.4, -0.2) is 4.98 Å². The second-order valence-corrected chi connectivity index (χ2v) is 5.57. The van der Waals surface area contributed by atoms with E-state index >= 15 is 0 Å². The molecule has 0 aliphatic carbocycles. The minimum atomic E-state index is -0.223. The van der Waals surface area contributed by atoms with Gasteiger partial charge in [-0.1, -0.05) is 28.1 Å². The third kappa shape index (κ3) is 2.16. The molecular formula is C16H12BrFN2. The number of nitrogen functional groups attached to an aromatic ring is 1. The minimum absolute atomic E-state index is 0.223. The van der Waals surface area contributed by atoms with Crippen LogP contribution in [0.2, 0.25) is 0 Å². The Morgan fingerprint density at radius 2 is 2.00 bits per heavy atom. The summed E-state index contributed by atoms with van der Waals surface area (Å²) in [6.45, 7) is 1.90. The summed E-state index contributed by atoms with van der Waals surface area (Å²) in [6, 6.07) is 10.7. The molecule has 0 fully saturated rings. The number of pyridine rings is 1. The summed E-state index contributed by atoms with van der Waals surface area (Å²) in [5.41, 5.74) is 8.04. The van der Waals surface area contributed by atoms with Gasteiger partial charge in [-0.05, 0) is 42.3 Å². The Kier molecular flexibility index (Phi) is 3.18. The molecule has 2 N–H and O–H groups in total. The van der Waals surface area contributed by atoms with E-state index in [2.05, 4.69) is 20.9 Å². The van der Waals surface area contributed by atoms with Crippen molar-refractivity contribution in [1.82, 2.24) is 4.98 Å². The fraction of sp³-hybridized carbons (Fsp3) is 0.0625. The molecule has 0 bridgehead atoms. The molecule has 3 aromatic rings. The van der Waals surface area contributed by atoms with Crippen LogP contribution in [-0.2, 0) is 0 Å². The number of anilines is 1. The number of nitrogens with zero attached hydrogens (tertiary/aromatic N) is 1. The first-order valence-electron chi connectivity index (χ1n) is 6.16. The maximum Gasteiger partial charge on any atom is 0.131 e. The summed E-state index contributed by atoms with van der Waals surface area (Å²) in [7, 11) is 0. The standard InChI is InChI=1S/C16H12BrFN2/c1-9-3-2-4-14(18)16(9)10-5-11-8-20-15(19)7-12(11)13(17)6-10/h2-8H,1H3,(H2,19,20). The van der Waals surface area contributed by atoms with Gasteiger partial charge in [0.05, 0.1) is 0 Å². The van der Waals surface area contributed by atoms with Gasteiger partial charge in [0.15, 0.2) is 0 Å². The lowest BCUT2D eigenvalue weighted by molar-refractivity contribution is 0.630. The molecule has 2 aromatic carbocycles. The van der Waals surface area contributed by atoms with Gasteiger partial charge in [0.1, 0.15) is 11.6 Å². The molecule has 0 spiro atoms. The van der Waals surface area contributed by atoms with Crippen molar-refractivity contribution < 1.29 is 4.39 Å². The molecule has 4 heteroatoms. The third-order valence-corrected chi connectivity index (χ3v) is 3.97. The number of fused-ring (bicyclic) bond motifs is 1. The van der Waals surface area contributed by atoms with E-state index in [4.69, 9.17) is 5.73 Å². The molecule has 0 saturated carbocycles. The van der Waals surface area contributed by atoms with E-state index in [0.29, 0.717) is 11.4 Å². The summed E-state index contributed by atoms with van der Waals surface area (Å²) >= 11 is 3.52. The van der Waals surface area contributed by atoms with Crippen molar-refractivity contribution in [2.75, 3.05) is 5.73 Å². The molecule has 0 atom stereocenters. The molecule has 2 nitrogen and oxygen atoms in total. The molecule has 0 radical (unpaired) electrons. The van der Waals surface area contributed by atoms with E-state index in [0.717, 1.165) is 26.4 Å². The highest BCUT2D eigenvalue weighted by atomic mass is 79.9. The number of aryl methyl sites for hydroxylation is 1.